The minimum atomic E-state index is -0.750. The summed E-state index contributed by atoms with van der Waals surface area (Å²) in [5.74, 6) is 0.395. The second kappa shape index (κ2) is 6.44. The zero-order valence-electron chi connectivity index (χ0n) is 16.1. The predicted octanol–water partition coefficient (Wildman–Crippen LogP) is 2.87. The van der Waals surface area contributed by atoms with E-state index in [-0.39, 0.29) is 6.03 Å². The van der Waals surface area contributed by atoms with E-state index < -0.39 is 5.60 Å². The highest BCUT2D eigenvalue weighted by atomic mass is 16.3. The number of β-amino-alcohol motifs (C(OH)–C–C–N with tert-alkyl or cyclic N) is 1. The fourth-order valence-corrected chi connectivity index (χ4v) is 4.68. The number of hydrogen-bond donors (Lipinski definition) is 2. The number of carbonyl (C=O) groups is 1. The van der Waals surface area contributed by atoms with Gasteiger partial charge in [0.25, 0.3) is 0 Å². The van der Waals surface area contributed by atoms with Crippen molar-refractivity contribution >= 4 is 28.0 Å². The summed E-state index contributed by atoms with van der Waals surface area (Å²) in [6, 6.07) is 4.12. The van der Waals surface area contributed by atoms with Gasteiger partial charge in [-0.15, -0.1) is 0 Å². The summed E-state index contributed by atoms with van der Waals surface area (Å²) in [6.07, 6.45) is 8.19. The highest BCUT2D eigenvalue weighted by Crippen LogP contribution is 2.36. The van der Waals surface area contributed by atoms with Crippen molar-refractivity contribution in [3.8, 4) is 0 Å². The van der Waals surface area contributed by atoms with E-state index in [1.54, 1.807) is 18.0 Å². The van der Waals surface area contributed by atoms with E-state index in [9.17, 15) is 9.90 Å². The third-order valence-electron chi connectivity index (χ3n) is 6.24. The lowest BCUT2D eigenvalue weighted by Gasteiger charge is -2.34. The fourth-order valence-electron chi connectivity index (χ4n) is 4.68. The Morgan fingerprint density at radius 1 is 1.25 bits per heavy atom. The van der Waals surface area contributed by atoms with E-state index in [4.69, 9.17) is 0 Å². The second-order valence-corrected chi connectivity index (χ2v) is 8.37. The van der Waals surface area contributed by atoms with Gasteiger partial charge in [0.2, 0.25) is 0 Å². The number of rotatable bonds is 1. The van der Waals surface area contributed by atoms with Crippen LogP contribution >= 0.6 is 0 Å². The van der Waals surface area contributed by atoms with Crippen molar-refractivity contribution in [2.75, 3.05) is 26.2 Å². The lowest BCUT2D eigenvalue weighted by Crippen LogP contribution is -2.46. The first-order chi connectivity index (χ1) is 13.5. The average molecular weight is 379 g/mol. The normalized spacial score (nSPS) is 23.8. The van der Waals surface area contributed by atoms with Crippen LogP contribution in [0.15, 0.2) is 30.7 Å². The van der Waals surface area contributed by atoms with E-state index in [0.717, 1.165) is 47.9 Å². The first-order valence-electron chi connectivity index (χ1n) is 9.99. The lowest BCUT2D eigenvalue weighted by atomic mass is 9.89. The van der Waals surface area contributed by atoms with Gasteiger partial charge in [0.1, 0.15) is 5.65 Å². The Balaban J connectivity index is 1.35. The Hall–Kier alpha value is -2.67. The number of likely N-dealkylation sites (tertiary alicyclic amines) is 2. The molecule has 2 aliphatic heterocycles. The number of urea groups is 1. The maximum Gasteiger partial charge on any atom is 0.320 e. The van der Waals surface area contributed by atoms with Gasteiger partial charge >= 0.3 is 6.03 Å². The van der Waals surface area contributed by atoms with E-state index in [0.29, 0.717) is 25.4 Å². The zero-order valence-corrected chi connectivity index (χ0v) is 16.1. The molecule has 2 N–H and O–H groups in total. The fraction of sp³-hybridized carbons (Fsp3) is 0.476. The summed E-state index contributed by atoms with van der Waals surface area (Å²) in [5.41, 5.74) is 2.33. The van der Waals surface area contributed by atoms with Crippen molar-refractivity contribution in [3.05, 3.63) is 36.3 Å². The standard InChI is InChI=1S/C21H25N5O2/c1-21(28)6-10-26(13-21)20(27)25-8-4-14(5-9-25)16-11-23-19-18(16)15-3-2-7-22-17(15)12-24-19/h2-3,7,11-12,14,28H,4-6,8-10,13H2,1H3,(H,23,24). The Kier molecular flexibility index (Phi) is 4.01. The summed E-state index contributed by atoms with van der Waals surface area (Å²) < 4.78 is 0. The maximum atomic E-state index is 12.8. The average Bonchev–Trinajstić information content (AvgIpc) is 3.31. The molecule has 0 radical (unpaired) electrons. The number of hydrogen-bond acceptors (Lipinski definition) is 4. The number of aromatic nitrogens is 3. The molecule has 2 saturated heterocycles. The van der Waals surface area contributed by atoms with E-state index in [1.165, 1.54) is 5.56 Å². The van der Waals surface area contributed by atoms with Crippen molar-refractivity contribution in [1.82, 2.24) is 24.8 Å². The van der Waals surface area contributed by atoms with Gasteiger partial charge in [-0.05, 0) is 43.7 Å². The molecule has 2 fully saturated rings. The van der Waals surface area contributed by atoms with Crippen LogP contribution in [0, 0.1) is 0 Å². The number of nitrogens with one attached hydrogen (secondary N) is 1. The number of carbonyl (C=O) groups excluding carboxylic acids is 1. The van der Waals surface area contributed by atoms with Gasteiger partial charge in [0, 0.05) is 42.8 Å². The Morgan fingerprint density at radius 3 is 2.82 bits per heavy atom. The molecule has 5 heterocycles. The van der Waals surface area contributed by atoms with Crippen molar-refractivity contribution in [2.24, 2.45) is 0 Å². The molecule has 0 aliphatic carbocycles. The number of nitrogens with zero attached hydrogens (tertiary/aromatic N) is 4. The molecule has 7 nitrogen and oxygen atoms in total. The minimum Gasteiger partial charge on any atom is -0.388 e. The van der Waals surface area contributed by atoms with Crippen molar-refractivity contribution in [3.63, 3.8) is 0 Å². The molecule has 3 aromatic rings. The number of pyridine rings is 2. The topological polar surface area (TPSA) is 85.4 Å². The largest absolute Gasteiger partial charge is 0.388 e. The van der Waals surface area contributed by atoms with Gasteiger partial charge < -0.3 is 19.9 Å². The number of aliphatic hydroxyl groups is 1. The molecule has 1 unspecified atom stereocenters. The summed E-state index contributed by atoms with van der Waals surface area (Å²) in [5, 5.41) is 12.4. The van der Waals surface area contributed by atoms with Gasteiger partial charge in [-0.2, -0.15) is 0 Å². The van der Waals surface area contributed by atoms with Crippen LogP contribution in [0.25, 0.3) is 21.9 Å². The summed E-state index contributed by atoms with van der Waals surface area (Å²) in [4.78, 5) is 28.8. The molecule has 7 heteroatoms. The van der Waals surface area contributed by atoms with Crippen LogP contribution in [0.4, 0.5) is 4.79 Å². The summed E-state index contributed by atoms with van der Waals surface area (Å²) >= 11 is 0. The molecule has 3 aromatic heterocycles. The molecule has 2 amide bonds. The molecule has 5 rings (SSSR count). The molecule has 0 bridgehead atoms. The SMILES string of the molecule is CC1(O)CCN(C(=O)N2CCC(c3c[nH]c4ncc5ncccc5c34)CC2)C1. The molecule has 28 heavy (non-hydrogen) atoms. The smallest absolute Gasteiger partial charge is 0.320 e. The third-order valence-corrected chi connectivity index (χ3v) is 6.24. The predicted molar refractivity (Wildman–Crippen MR) is 107 cm³/mol. The highest BCUT2D eigenvalue weighted by molar-refractivity contribution is 6.05. The number of piperidine rings is 1. The van der Waals surface area contributed by atoms with Crippen LogP contribution < -0.4 is 0 Å². The van der Waals surface area contributed by atoms with Crippen LogP contribution in [-0.2, 0) is 0 Å². The summed E-state index contributed by atoms with van der Waals surface area (Å²) in [6.45, 7) is 4.35. The van der Waals surface area contributed by atoms with Crippen molar-refractivity contribution < 1.29 is 9.90 Å². The number of H-pyrrole nitrogens is 1. The molecule has 0 saturated carbocycles. The van der Waals surface area contributed by atoms with Crippen molar-refractivity contribution in [1.29, 1.82) is 0 Å². The van der Waals surface area contributed by atoms with Gasteiger partial charge in [-0.3, -0.25) is 4.98 Å². The van der Waals surface area contributed by atoms with E-state index in [1.807, 2.05) is 17.2 Å². The Morgan fingerprint density at radius 2 is 2.07 bits per heavy atom. The zero-order chi connectivity index (χ0) is 19.3. The minimum absolute atomic E-state index is 0.0615. The lowest BCUT2D eigenvalue weighted by molar-refractivity contribution is 0.0678. The van der Waals surface area contributed by atoms with Crippen LogP contribution in [-0.4, -0.2) is 67.7 Å². The molecule has 0 spiro atoms. The van der Waals surface area contributed by atoms with Crippen LogP contribution in [0.2, 0.25) is 0 Å². The number of amides is 2. The monoisotopic (exact) mass is 379 g/mol. The molecule has 1 atom stereocenters. The number of fused-ring (bicyclic) bond motifs is 3. The summed E-state index contributed by atoms with van der Waals surface area (Å²) in [7, 11) is 0. The van der Waals surface area contributed by atoms with Gasteiger partial charge in [-0.1, -0.05) is 6.07 Å². The Bertz CT molecular complexity index is 1040. The van der Waals surface area contributed by atoms with Gasteiger partial charge in [-0.25, -0.2) is 9.78 Å². The highest BCUT2D eigenvalue weighted by Gasteiger charge is 2.37. The Labute approximate surface area is 163 Å². The van der Waals surface area contributed by atoms with Crippen LogP contribution in [0.1, 0.15) is 37.7 Å². The second-order valence-electron chi connectivity index (χ2n) is 8.37. The maximum absolute atomic E-state index is 12.8. The first kappa shape index (κ1) is 17.4. The van der Waals surface area contributed by atoms with Gasteiger partial charge in [0.05, 0.1) is 23.9 Å². The molecular weight excluding hydrogens is 354 g/mol. The molecule has 0 aromatic carbocycles. The van der Waals surface area contributed by atoms with E-state index in [2.05, 4.69) is 27.2 Å². The number of aromatic amines is 1. The molecular formula is C21H25N5O2. The van der Waals surface area contributed by atoms with Crippen LogP contribution in [0.3, 0.4) is 0 Å². The molecule has 2 aliphatic rings. The van der Waals surface area contributed by atoms with Crippen LogP contribution in [0.5, 0.6) is 0 Å². The first-order valence-corrected chi connectivity index (χ1v) is 9.99. The van der Waals surface area contributed by atoms with Crippen molar-refractivity contribution in [2.45, 2.75) is 37.7 Å². The third kappa shape index (κ3) is 2.90. The van der Waals surface area contributed by atoms with Gasteiger partial charge in [0.15, 0.2) is 0 Å². The molecule has 146 valence electrons. The quantitative estimate of drug-likeness (QED) is 0.681. The van der Waals surface area contributed by atoms with E-state index >= 15 is 0 Å².